The summed E-state index contributed by atoms with van der Waals surface area (Å²) >= 11 is 0. The molecule has 0 spiro atoms. The molecule has 0 N–H and O–H groups in total. The molecule has 3 aromatic rings. The number of non-ortho nitro benzene ring substituents is 1. The lowest BCUT2D eigenvalue weighted by molar-refractivity contribution is -0.385. The van der Waals surface area contributed by atoms with Crippen LogP contribution in [0.3, 0.4) is 0 Å². The van der Waals surface area contributed by atoms with Crippen LogP contribution in [0.2, 0.25) is 0 Å². The Kier molecular flexibility index (Phi) is 5.72. The minimum absolute atomic E-state index is 0.0441. The van der Waals surface area contributed by atoms with Gasteiger partial charge >= 0.3 is 5.97 Å². The Morgan fingerprint density at radius 1 is 1.03 bits per heavy atom. The molecular weight excluding hydrogens is 386 g/mol. The summed E-state index contributed by atoms with van der Waals surface area (Å²) in [6, 6.07) is 21.5. The number of esters is 1. The molecule has 0 bridgehead atoms. The molecule has 3 aromatic carbocycles. The maximum Gasteiger partial charge on any atom is 0.318 e. The van der Waals surface area contributed by atoms with Crippen molar-refractivity contribution in [2.24, 2.45) is 0 Å². The summed E-state index contributed by atoms with van der Waals surface area (Å²) in [6.07, 6.45) is 0. The minimum atomic E-state index is -0.605. The van der Waals surface area contributed by atoms with Crippen LogP contribution in [0.25, 0.3) is 0 Å². The van der Waals surface area contributed by atoms with Crippen LogP contribution in [0, 0.1) is 10.1 Å². The Morgan fingerprint density at radius 3 is 2.27 bits per heavy atom. The Morgan fingerprint density at radius 2 is 1.67 bits per heavy atom. The highest BCUT2D eigenvalue weighted by molar-refractivity contribution is 5.82. The van der Waals surface area contributed by atoms with Gasteiger partial charge in [0.15, 0.2) is 6.79 Å². The van der Waals surface area contributed by atoms with E-state index < -0.39 is 16.8 Å². The van der Waals surface area contributed by atoms with E-state index in [1.165, 1.54) is 12.1 Å². The topological polar surface area (TPSA) is 87.9 Å². The van der Waals surface area contributed by atoms with E-state index in [4.69, 9.17) is 14.2 Å². The predicted molar refractivity (Wildman–Crippen MR) is 108 cm³/mol. The Bertz CT molecular complexity index is 1010. The second-order valence-corrected chi connectivity index (χ2v) is 6.82. The largest absolute Gasteiger partial charge is 0.467 e. The van der Waals surface area contributed by atoms with Crippen molar-refractivity contribution in [1.82, 2.24) is 0 Å². The zero-order chi connectivity index (χ0) is 20.9. The van der Waals surface area contributed by atoms with Gasteiger partial charge in [-0.2, -0.15) is 0 Å². The number of rotatable bonds is 6. The van der Waals surface area contributed by atoms with Crippen molar-refractivity contribution < 1.29 is 23.9 Å². The second-order valence-electron chi connectivity index (χ2n) is 6.82. The number of fused-ring (bicyclic) bond motifs is 1. The number of hydrogen-bond donors (Lipinski definition) is 0. The van der Waals surface area contributed by atoms with E-state index in [2.05, 4.69) is 0 Å². The quantitative estimate of drug-likeness (QED) is 0.344. The molecule has 0 radical (unpaired) electrons. The average molecular weight is 405 g/mol. The first-order valence-corrected chi connectivity index (χ1v) is 9.41. The zero-order valence-corrected chi connectivity index (χ0v) is 16.0. The molecule has 1 heterocycles. The third-order valence-electron chi connectivity index (χ3n) is 4.85. The number of nitro groups is 1. The molecule has 0 aromatic heterocycles. The van der Waals surface area contributed by atoms with Crippen LogP contribution in [0.1, 0.15) is 28.2 Å². The number of nitrogens with zero attached hydrogens (tertiary/aromatic N) is 1. The number of nitro benzene ring substituents is 1. The van der Waals surface area contributed by atoms with E-state index in [1.807, 2.05) is 60.7 Å². The highest BCUT2D eigenvalue weighted by Crippen LogP contribution is 2.34. The summed E-state index contributed by atoms with van der Waals surface area (Å²) in [5.74, 6) is -0.582. The molecule has 0 aliphatic carbocycles. The van der Waals surface area contributed by atoms with Crippen LogP contribution in [0.5, 0.6) is 5.75 Å². The first kappa shape index (κ1) is 19.6. The van der Waals surface area contributed by atoms with Crippen molar-refractivity contribution in [3.05, 3.63) is 105 Å². The van der Waals surface area contributed by atoms with Crippen LogP contribution in [-0.4, -0.2) is 17.7 Å². The van der Waals surface area contributed by atoms with E-state index in [1.54, 1.807) is 0 Å². The lowest BCUT2D eigenvalue weighted by atomic mass is 9.91. The molecule has 0 unspecified atom stereocenters. The van der Waals surface area contributed by atoms with Gasteiger partial charge in [0.25, 0.3) is 5.69 Å². The Balaban J connectivity index is 1.61. The lowest BCUT2D eigenvalue weighted by Gasteiger charge is -2.21. The average Bonchev–Trinajstić information content (AvgIpc) is 2.79. The number of benzene rings is 3. The number of hydrogen-bond acceptors (Lipinski definition) is 6. The zero-order valence-electron chi connectivity index (χ0n) is 16.0. The Hall–Kier alpha value is -3.71. The normalized spacial score (nSPS) is 12.7. The number of carbonyl (C=O) groups is 1. The SMILES string of the molecule is O=C(OCc1cc([N+](=O)[O-])cc2c1OCOC2)C(c1ccccc1)c1ccccc1. The smallest absolute Gasteiger partial charge is 0.318 e. The fourth-order valence-electron chi connectivity index (χ4n) is 3.48. The van der Waals surface area contributed by atoms with E-state index in [9.17, 15) is 14.9 Å². The van der Waals surface area contributed by atoms with Crippen LogP contribution < -0.4 is 4.74 Å². The van der Waals surface area contributed by atoms with Gasteiger partial charge in [0.1, 0.15) is 18.3 Å². The summed E-state index contributed by atoms with van der Waals surface area (Å²) in [5.41, 5.74) is 2.51. The molecule has 0 saturated carbocycles. The van der Waals surface area contributed by atoms with Crippen molar-refractivity contribution in [2.45, 2.75) is 19.1 Å². The minimum Gasteiger partial charge on any atom is -0.467 e. The van der Waals surface area contributed by atoms with E-state index >= 15 is 0 Å². The first-order valence-electron chi connectivity index (χ1n) is 9.41. The summed E-state index contributed by atoms with van der Waals surface area (Å²) < 4.78 is 16.3. The van der Waals surface area contributed by atoms with Gasteiger partial charge in [-0.1, -0.05) is 60.7 Å². The number of carbonyl (C=O) groups excluding carboxylic acids is 1. The molecule has 0 saturated heterocycles. The molecule has 7 heteroatoms. The molecule has 1 aliphatic heterocycles. The molecule has 152 valence electrons. The van der Waals surface area contributed by atoms with Crippen molar-refractivity contribution >= 4 is 11.7 Å². The molecule has 0 amide bonds. The van der Waals surface area contributed by atoms with Gasteiger partial charge in [0, 0.05) is 23.3 Å². The van der Waals surface area contributed by atoms with Gasteiger partial charge < -0.3 is 14.2 Å². The standard InChI is InChI=1S/C23H19NO6/c25-23(21(16-7-3-1-4-8-16)17-9-5-2-6-10-17)29-14-19-12-20(24(26)27)11-18-13-28-15-30-22(18)19/h1-12,21H,13-15H2. The third-order valence-corrected chi connectivity index (χ3v) is 4.85. The monoisotopic (exact) mass is 405 g/mol. The van der Waals surface area contributed by atoms with Crippen LogP contribution in [-0.2, 0) is 27.5 Å². The molecule has 1 aliphatic rings. The van der Waals surface area contributed by atoms with Gasteiger partial charge in [0.05, 0.1) is 11.5 Å². The summed E-state index contributed by atoms with van der Waals surface area (Å²) in [6.45, 7) is 0.107. The van der Waals surface area contributed by atoms with Gasteiger partial charge in [-0.3, -0.25) is 14.9 Å². The van der Waals surface area contributed by atoms with Crippen molar-refractivity contribution in [3.8, 4) is 5.75 Å². The lowest BCUT2D eigenvalue weighted by Crippen LogP contribution is -2.19. The molecule has 0 atom stereocenters. The fraction of sp³-hybridized carbons (Fsp3) is 0.174. The second kappa shape index (κ2) is 8.75. The molecule has 0 fully saturated rings. The highest BCUT2D eigenvalue weighted by atomic mass is 16.7. The molecular formula is C23H19NO6. The van der Waals surface area contributed by atoms with Gasteiger partial charge in [-0.15, -0.1) is 0 Å². The van der Waals surface area contributed by atoms with Crippen LogP contribution in [0.15, 0.2) is 72.8 Å². The van der Waals surface area contributed by atoms with Gasteiger partial charge in [-0.05, 0) is 11.1 Å². The molecule has 7 nitrogen and oxygen atoms in total. The summed E-state index contributed by atoms with van der Waals surface area (Å²) in [5, 5.41) is 11.3. The third kappa shape index (κ3) is 4.16. The predicted octanol–water partition coefficient (Wildman–Crippen LogP) is 4.34. The van der Waals surface area contributed by atoms with E-state index in [-0.39, 0.29) is 25.7 Å². The summed E-state index contributed by atoms with van der Waals surface area (Å²) in [7, 11) is 0. The highest BCUT2D eigenvalue weighted by Gasteiger charge is 2.26. The molecule has 4 rings (SSSR count). The number of ether oxygens (including phenoxy) is 3. The van der Waals surface area contributed by atoms with Crippen LogP contribution >= 0.6 is 0 Å². The van der Waals surface area contributed by atoms with E-state index in [0.29, 0.717) is 16.9 Å². The van der Waals surface area contributed by atoms with E-state index in [0.717, 1.165) is 11.1 Å². The molecule has 30 heavy (non-hydrogen) atoms. The van der Waals surface area contributed by atoms with Gasteiger partial charge in [0.2, 0.25) is 0 Å². The maximum absolute atomic E-state index is 13.1. The van der Waals surface area contributed by atoms with Gasteiger partial charge in [-0.25, -0.2) is 0 Å². The maximum atomic E-state index is 13.1. The summed E-state index contributed by atoms with van der Waals surface area (Å²) in [4.78, 5) is 23.9. The van der Waals surface area contributed by atoms with Crippen molar-refractivity contribution in [1.29, 1.82) is 0 Å². The Labute approximate surface area is 173 Å². The van der Waals surface area contributed by atoms with Crippen molar-refractivity contribution in [2.75, 3.05) is 6.79 Å². The fourth-order valence-corrected chi connectivity index (χ4v) is 3.48. The first-order chi connectivity index (χ1) is 14.6. The van der Waals surface area contributed by atoms with Crippen LogP contribution in [0.4, 0.5) is 5.69 Å². The van der Waals surface area contributed by atoms with Crippen molar-refractivity contribution in [3.63, 3.8) is 0 Å².